The molecular weight excluding hydrogens is 226 g/mol. The van der Waals surface area contributed by atoms with Gasteiger partial charge in [0.25, 0.3) is 0 Å². The Morgan fingerprint density at radius 3 is 2.56 bits per heavy atom. The number of aryl methyl sites for hydroxylation is 2. The Hall–Kier alpha value is -1.77. The van der Waals surface area contributed by atoms with Gasteiger partial charge in [0.05, 0.1) is 11.1 Å². The predicted octanol–water partition coefficient (Wildman–Crippen LogP) is 3.79. The van der Waals surface area contributed by atoms with Crippen molar-refractivity contribution in [1.82, 2.24) is 4.57 Å². The molecule has 1 aromatic heterocycles. The predicted molar refractivity (Wildman–Crippen MR) is 73.4 cm³/mol. The molecule has 0 aliphatic heterocycles. The summed E-state index contributed by atoms with van der Waals surface area (Å²) in [6.45, 7) is 9.01. The number of nitrogens with zero attached hydrogens (tertiary/aromatic N) is 1. The summed E-state index contributed by atoms with van der Waals surface area (Å²) in [4.78, 5) is 11.5. The molecule has 1 N–H and O–H groups in total. The lowest BCUT2D eigenvalue weighted by atomic mass is 9.97. The Bertz CT molecular complexity index is 608. The lowest BCUT2D eigenvalue weighted by molar-refractivity contribution is 0.0698. The van der Waals surface area contributed by atoms with Crippen LogP contribution in [0.5, 0.6) is 0 Å². The molecule has 0 saturated heterocycles. The summed E-state index contributed by atoms with van der Waals surface area (Å²) in [7, 11) is 0. The topological polar surface area (TPSA) is 42.2 Å². The van der Waals surface area contributed by atoms with Crippen LogP contribution >= 0.6 is 0 Å². The van der Waals surface area contributed by atoms with Crippen molar-refractivity contribution in [3.05, 3.63) is 35.0 Å². The summed E-state index contributed by atoms with van der Waals surface area (Å²) in [5, 5.41) is 10.5. The van der Waals surface area contributed by atoms with E-state index in [4.69, 9.17) is 0 Å². The first-order chi connectivity index (χ1) is 8.45. The summed E-state index contributed by atoms with van der Waals surface area (Å²) >= 11 is 0. The van der Waals surface area contributed by atoms with Gasteiger partial charge in [0.15, 0.2) is 0 Å². The fourth-order valence-electron chi connectivity index (χ4n) is 2.38. The van der Waals surface area contributed by atoms with Crippen LogP contribution < -0.4 is 0 Å². The van der Waals surface area contributed by atoms with E-state index in [1.807, 2.05) is 24.6 Å². The number of aromatic nitrogens is 1. The quantitative estimate of drug-likeness (QED) is 0.893. The zero-order valence-electron chi connectivity index (χ0n) is 11.3. The summed E-state index contributed by atoms with van der Waals surface area (Å²) in [6.07, 6.45) is 2.03. The number of carbonyl (C=O) groups is 1. The van der Waals surface area contributed by atoms with E-state index in [1.165, 1.54) is 0 Å². The molecule has 0 saturated carbocycles. The van der Waals surface area contributed by atoms with Crippen molar-refractivity contribution < 1.29 is 9.90 Å². The summed E-state index contributed by atoms with van der Waals surface area (Å²) in [6, 6.07) is 3.93. The van der Waals surface area contributed by atoms with Crippen LogP contribution in [0.4, 0.5) is 0 Å². The van der Waals surface area contributed by atoms with Crippen molar-refractivity contribution in [2.75, 3.05) is 0 Å². The van der Waals surface area contributed by atoms with Crippen LogP contribution in [-0.2, 0) is 6.54 Å². The number of hydrogen-bond donors (Lipinski definition) is 1. The lowest BCUT2D eigenvalue weighted by Crippen LogP contribution is -2.04. The summed E-state index contributed by atoms with van der Waals surface area (Å²) < 4.78 is 2.01. The second kappa shape index (κ2) is 4.48. The Kier molecular flexibility index (Phi) is 3.16. The fraction of sp³-hybridized carbons (Fsp3) is 0.400. The molecule has 96 valence electrons. The molecule has 1 aromatic carbocycles. The van der Waals surface area contributed by atoms with Crippen LogP contribution in [0.1, 0.15) is 48.2 Å². The fourth-order valence-corrected chi connectivity index (χ4v) is 2.38. The number of carboxylic acid groups (broad SMARTS) is 1. The molecule has 3 nitrogen and oxygen atoms in total. The molecule has 0 radical (unpaired) electrons. The van der Waals surface area contributed by atoms with Crippen LogP contribution in [0.3, 0.4) is 0 Å². The third kappa shape index (κ3) is 1.90. The van der Waals surface area contributed by atoms with Gasteiger partial charge < -0.3 is 9.67 Å². The Morgan fingerprint density at radius 1 is 1.39 bits per heavy atom. The number of fused-ring (bicyclic) bond motifs is 1. The minimum Gasteiger partial charge on any atom is -0.478 e. The van der Waals surface area contributed by atoms with E-state index in [0.717, 1.165) is 28.6 Å². The second-order valence-corrected chi connectivity index (χ2v) is 5.02. The van der Waals surface area contributed by atoms with E-state index in [0.29, 0.717) is 11.5 Å². The SMILES string of the molecule is CCn1cc(C)c2cc(C(C)C)cc(C(=O)O)c21. The van der Waals surface area contributed by atoms with Crippen LogP contribution in [-0.4, -0.2) is 15.6 Å². The number of rotatable bonds is 3. The molecule has 3 heteroatoms. The van der Waals surface area contributed by atoms with Gasteiger partial charge in [0.2, 0.25) is 0 Å². The van der Waals surface area contributed by atoms with Crippen molar-refractivity contribution in [2.24, 2.45) is 0 Å². The number of aromatic carboxylic acids is 1. The van der Waals surface area contributed by atoms with Crippen molar-refractivity contribution >= 4 is 16.9 Å². The minimum absolute atomic E-state index is 0.330. The molecule has 0 aliphatic rings. The van der Waals surface area contributed by atoms with Gasteiger partial charge in [-0.25, -0.2) is 4.79 Å². The van der Waals surface area contributed by atoms with E-state index in [1.54, 1.807) is 6.07 Å². The number of benzene rings is 1. The van der Waals surface area contributed by atoms with E-state index < -0.39 is 5.97 Å². The first-order valence-electron chi connectivity index (χ1n) is 6.32. The molecule has 0 bridgehead atoms. The van der Waals surface area contributed by atoms with Crippen molar-refractivity contribution in [3.63, 3.8) is 0 Å². The van der Waals surface area contributed by atoms with Gasteiger partial charge in [0, 0.05) is 18.1 Å². The van der Waals surface area contributed by atoms with Gasteiger partial charge in [0.1, 0.15) is 0 Å². The molecule has 0 aliphatic carbocycles. The molecule has 0 unspecified atom stereocenters. The smallest absolute Gasteiger partial charge is 0.337 e. The van der Waals surface area contributed by atoms with Crippen molar-refractivity contribution in [1.29, 1.82) is 0 Å². The highest BCUT2D eigenvalue weighted by atomic mass is 16.4. The third-order valence-electron chi connectivity index (χ3n) is 3.43. The lowest BCUT2D eigenvalue weighted by Gasteiger charge is -2.10. The average molecular weight is 245 g/mol. The molecule has 0 fully saturated rings. The van der Waals surface area contributed by atoms with Crippen LogP contribution in [0.25, 0.3) is 10.9 Å². The maximum Gasteiger partial charge on any atom is 0.337 e. The van der Waals surface area contributed by atoms with Gasteiger partial charge in [-0.1, -0.05) is 13.8 Å². The van der Waals surface area contributed by atoms with E-state index >= 15 is 0 Å². The Balaban J connectivity index is 2.87. The van der Waals surface area contributed by atoms with Gasteiger partial charge in [-0.2, -0.15) is 0 Å². The largest absolute Gasteiger partial charge is 0.478 e. The Morgan fingerprint density at radius 2 is 2.06 bits per heavy atom. The third-order valence-corrected chi connectivity index (χ3v) is 3.43. The second-order valence-electron chi connectivity index (χ2n) is 5.02. The van der Waals surface area contributed by atoms with Crippen LogP contribution in [0.2, 0.25) is 0 Å². The van der Waals surface area contributed by atoms with E-state index in [9.17, 15) is 9.90 Å². The van der Waals surface area contributed by atoms with Gasteiger partial charge in [-0.3, -0.25) is 0 Å². The van der Waals surface area contributed by atoms with Gasteiger partial charge >= 0.3 is 5.97 Å². The minimum atomic E-state index is -0.852. The molecule has 2 aromatic rings. The summed E-state index contributed by atoms with van der Waals surface area (Å²) in [5.74, 6) is -0.521. The van der Waals surface area contributed by atoms with Gasteiger partial charge in [-0.15, -0.1) is 0 Å². The molecule has 0 spiro atoms. The number of hydrogen-bond acceptors (Lipinski definition) is 1. The van der Waals surface area contributed by atoms with E-state index in [-0.39, 0.29) is 0 Å². The zero-order valence-corrected chi connectivity index (χ0v) is 11.3. The van der Waals surface area contributed by atoms with E-state index in [2.05, 4.69) is 19.9 Å². The maximum absolute atomic E-state index is 11.5. The normalized spacial score (nSPS) is 11.4. The molecule has 0 amide bonds. The number of carboxylic acids is 1. The molecule has 18 heavy (non-hydrogen) atoms. The first-order valence-corrected chi connectivity index (χ1v) is 6.32. The van der Waals surface area contributed by atoms with Gasteiger partial charge in [-0.05, 0) is 43.0 Å². The molecule has 2 rings (SSSR count). The highest BCUT2D eigenvalue weighted by molar-refractivity contribution is 6.03. The van der Waals surface area contributed by atoms with Crippen molar-refractivity contribution in [3.8, 4) is 0 Å². The molecule has 0 atom stereocenters. The van der Waals surface area contributed by atoms with Crippen molar-refractivity contribution in [2.45, 2.75) is 40.2 Å². The van der Waals surface area contributed by atoms with Crippen LogP contribution in [0.15, 0.2) is 18.3 Å². The highest BCUT2D eigenvalue weighted by Crippen LogP contribution is 2.29. The first kappa shape index (κ1) is 12.7. The monoisotopic (exact) mass is 245 g/mol. The Labute approximate surface area is 107 Å². The maximum atomic E-state index is 11.5. The molecular formula is C15H19NO2. The standard InChI is InChI=1S/C15H19NO2/c1-5-16-8-10(4)12-6-11(9(2)3)7-13(14(12)16)15(17)18/h6-9H,5H2,1-4H3,(H,17,18). The highest BCUT2D eigenvalue weighted by Gasteiger charge is 2.16. The molecule has 1 heterocycles. The average Bonchev–Trinajstić information content (AvgIpc) is 2.65. The zero-order chi connectivity index (χ0) is 13.4. The summed E-state index contributed by atoms with van der Waals surface area (Å²) in [5.41, 5.74) is 3.46. The van der Waals surface area contributed by atoms with Crippen LogP contribution in [0, 0.1) is 6.92 Å².